The van der Waals surface area contributed by atoms with Gasteiger partial charge in [0.2, 0.25) is 17.7 Å². The van der Waals surface area contributed by atoms with Crippen molar-refractivity contribution in [2.45, 2.75) is 102 Å². The van der Waals surface area contributed by atoms with Gasteiger partial charge in [-0.15, -0.1) is 12.3 Å². The molecule has 5 atom stereocenters. The van der Waals surface area contributed by atoms with E-state index in [0.717, 1.165) is 31.2 Å². The van der Waals surface area contributed by atoms with Crippen molar-refractivity contribution in [2.24, 2.45) is 17.8 Å². The molecule has 4 N–H and O–H groups in total. The highest BCUT2D eigenvalue weighted by Gasteiger charge is 2.34. The quantitative estimate of drug-likeness (QED) is 0.189. The van der Waals surface area contributed by atoms with Gasteiger partial charge in [-0.2, -0.15) is 0 Å². The van der Waals surface area contributed by atoms with E-state index in [1.54, 1.807) is 11.9 Å². The van der Waals surface area contributed by atoms with Crippen molar-refractivity contribution < 1.29 is 24.6 Å². The largest absolute Gasteiger partial charge is 0.390 e. The highest BCUT2D eigenvalue weighted by molar-refractivity contribution is 5.91. The first kappa shape index (κ1) is 37.3. The maximum atomic E-state index is 13.7. The number of aliphatic hydroxyl groups excluding tert-OH is 2. The van der Waals surface area contributed by atoms with Gasteiger partial charge < -0.3 is 30.6 Å². The van der Waals surface area contributed by atoms with Crippen LogP contribution in [0.2, 0.25) is 0 Å². The first-order valence-electron chi connectivity index (χ1n) is 16.2. The molecule has 0 radical (unpaired) electrons. The van der Waals surface area contributed by atoms with Crippen molar-refractivity contribution in [1.82, 2.24) is 20.4 Å². The summed E-state index contributed by atoms with van der Waals surface area (Å²) in [5.41, 5.74) is 0.907. The van der Waals surface area contributed by atoms with Gasteiger partial charge in [-0.05, 0) is 50.8 Å². The lowest BCUT2D eigenvalue weighted by atomic mass is 9.82. The van der Waals surface area contributed by atoms with Crippen molar-refractivity contribution in [3.63, 3.8) is 0 Å². The second kappa shape index (κ2) is 19.5. The molecule has 2 rings (SSSR count). The molecule has 1 aromatic carbocycles. The van der Waals surface area contributed by atoms with Crippen LogP contribution in [0.15, 0.2) is 30.3 Å². The normalized spacial score (nSPS) is 17.3. The maximum Gasteiger partial charge on any atom is 0.243 e. The number of hydrogen-bond acceptors (Lipinski definition) is 6. The number of nitrogens with zero attached hydrogens (tertiary/aromatic N) is 2. The van der Waals surface area contributed by atoms with Crippen LogP contribution in [0.5, 0.6) is 0 Å². The van der Waals surface area contributed by atoms with E-state index in [1.807, 2.05) is 63.2 Å². The number of carbonyl (C=O) groups excluding carboxylic acids is 3. The van der Waals surface area contributed by atoms with Crippen molar-refractivity contribution >= 4 is 17.7 Å². The molecule has 1 aromatic rings. The summed E-state index contributed by atoms with van der Waals surface area (Å²) in [5, 5.41) is 27.7. The van der Waals surface area contributed by atoms with Gasteiger partial charge in [-0.25, -0.2) is 0 Å². The Labute approximate surface area is 265 Å². The number of hydrogen-bond donors (Lipinski definition) is 4. The molecular formula is C35H56N4O5. The average molecular weight is 613 g/mol. The zero-order valence-corrected chi connectivity index (χ0v) is 27.5. The topological polar surface area (TPSA) is 122 Å². The monoisotopic (exact) mass is 612 g/mol. The second-order valence-corrected chi connectivity index (χ2v) is 13.2. The third-order valence-electron chi connectivity index (χ3n) is 8.54. The molecule has 246 valence electrons. The lowest BCUT2D eigenvalue weighted by molar-refractivity contribution is -0.137. The maximum absolute atomic E-state index is 13.7. The molecule has 3 amide bonds. The first-order valence-corrected chi connectivity index (χ1v) is 16.2. The van der Waals surface area contributed by atoms with Gasteiger partial charge in [0.15, 0.2) is 0 Å². The Morgan fingerprint density at radius 3 is 2.23 bits per heavy atom. The highest BCUT2D eigenvalue weighted by atomic mass is 16.3. The molecule has 0 heterocycles. The Morgan fingerprint density at radius 1 is 0.977 bits per heavy atom. The van der Waals surface area contributed by atoms with E-state index in [1.165, 1.54) is 6.42 Å². The predicted octanol–water partition coefficient (Wildman–Crippen LogP) is 2.99. The van der Waals surface area contributed by atoms with Crippen LogP contribution < -0.4 is 10.6 Å². The van der Waals surface area contributed by atoms with Crippen molar-refractivity contribution in [3.8, 4) is 12.3 Å². The number of aliphatic hydroxyl groups is 2. The van der Waals surface area contributed by atoms with Gasteiger partial charge in [0, 0.05) is 33.0 Å². The zero-order valence-electron chi connectivity index (χ0n) is 27.5. The highest BCUT2D eigenvalue weighted by Crippen LogP contribution is 2.29. The van der Waals surface area contributed by atoms with Gasteiger partial charge in [0.05, 0.1) is 18.1 Å². The van der Waals surface area contributed by atoms with Crippen LogP contribution >= 0.6 is 0 Å². The van der Waals surface area contributed by atoms with E-state index in [9.17, 15) is 24.6 Å². The molecule has 9 nitrogen and oxygen atoms in total. The van der Waals surface area contributed by atoms with E-state index in [-0.39, 0.29) is 24.7 Å². The number of nitrogens with one attached hydrogen (secondary N) is 2. The standard InChI is InChI=1S/C35H56N4O5/c1-7-14-29(35(44)37-30(23-27-17-12-9-13-18-27)33(42)31(40)21-25(2)3)36-34(43)28(22-26-15-10-8-11-16-26)24-32(41)39(6)20-19-38(4)5/h1,8,10-11,15-16,25,27-31,33,40,42H,9,12-14,17-24H2,2-6H3,(H,36,43)(H,37,44)/t28-,29+,30+,31+,33-/m0/s1. The van der Waals surface area contributed by atoms with Crippen LogP contribution in [0.4, 0.5) is 0 Å². The summed E-state index contributed by atoms with van der Waals surface area (Å²) in [5.74, 6) is 1.20. The summed E-state index contributed by atoms with van der Waals surface area (Å²) < 4.78 is 0. The van der Waals surface area contributed by atoms with Crippen LogP contribution in [-0.4, -0.2) is 96.3 Å². The number of benzene rings is 1. The predicted molar refractivity (Wildman–Crippen MR) is 174 cm³/mol. The van der Waals surface area contributed by atoms with Gasteiger partial charge >= 0.3 is 0 Å². The van der Waals surface area contributed by atoms with Crippen molar-refractivity contribution in [3.05, 3.63) is 35.9 Å². The lowest BCUT2D eigenvalue weighted by Crippen LogP contribution is -2.56. The fourth-order valence-corrected chi connectivity index (χ4v) is 5.85. The number of terminal acetylenes is 1. The molecule has 9 heteroatoms. The summed E-state index contributed by atoms with van der Waals surface area (Å²) in [6.07, 6.45) is 10.1. The molecule has 0 unspecified atom stereocenters. The molecule has 0 aromatic heterocycles. The first-order chi connectivity index (χ1) is 20.9. The van der Waals surface area contributed by atoms with Crippen LogP contribution in [0.1, 0.15) is 77.2 Å². The van der Waals surface area contributed by atoms with E-state index in [0.29, 0.717) is 38.3 Å². The number of rotatable bonds is 18. The molecule has 0 spiro atoms. The van der Waals surface area contributed by atoms with Crippen LogP contribution in [-0.2, 0) is 20.8 Å². The lowest BCUT2D eigenvalue weighted by Gasteiger charge is -2.33. The van der Waals surface area contributed by atoms with Gasteiger partial charge in [0.25, 0.3) is 0 Å². The number of carbonyl (C=O) groups is 3. The fourth-order valence-electron chi connectivity index (χ4n) is 5.85. The number of likely N-dealkylation sites (N-methyl/N-ethyl adjacent to an activating group) is 2. The summed E-state index contributed by atoms with van der Waals surface area (Å²) in [6, 6.07) is 7.75. The smallest absolute Gasteiger partial charge is 0.243 e. The van der Waals surface area contributed by atoms with Crippen LogP contribution in [0, 0.1) is 30.1 Å². The Bertz CT molecular complexity index is 1050. The molecule has 44 heavy (non-hydrogen) atoms. The average Bonchev–Trinajstić information content (AvgIpc) is 2.99. The summed E-state index contributed by atoms with van der Waals surface area (Å²) >= 11 is 0. The molecular weight excluding hydrogens is 556 g/mol. The van der Waals surface area contributed by atoms with E-state index in [4.69, 9.17) is 6.42 Å². The van der Waals surface area contributed by atoms with E-state index in [2.05, 4.69) is 16.6 Å². The summed E-state index contributed by atoms with van der Waals surface area (Å²) in [6.45, 7) is 5.17. The molecule has 1 aliphatic rings. The second-order valence-electron chi connectivity index (χ2n) is 13.2. The van der Waals surface area contributed by atoms with E-state index >= 15 is 0 Å². The minimum absolute atomic E-state index is 0.0144. The fraction of sp³-hybridized carbons (Fsp3) is 0.686. The molecule has 1 saturated carbocycles. The Kier molecular flexibility index (Phi) is 16.5. The van der Waals surface area contributed by atoms with E-state index < -0.39 is 42.0 Å². The molecule has 0 bridgehead atoms. The third kappa shape index (κ3) is 13.4. The van der Waals surface area contributed by atoms with Crippen LogP contribution in [0.25, 0.3) is 0 Å². The zero-order chi connectivity index (χ0) is 32.6. The van der Waals surface area contributed by atoms with Crippen molar-refractivity contribution in [1.29, 1.82) is 0 Å². The molecule has 0 aliphatic heterocycles. The third-order valence-corrected chi connectivity index (χ3v) is 8.54. The van der Waals surface area contributed by atoms with Crippen LogP contribution in [0.3, 0.4) is 0 Å². The molecule has 1 fully saturated rings. The number of amides is 3. The molecule has 0 saturated heterocycles. The minimum Gasteiger partial charge on any atom is -0.390 e. The summed E-state index contributed by atoms with van der Waals surface area (Å²) in [7, 11) is 5.60. The van der Waals surface area contributed by atoms with Crippen molar-refractivity contribution in [2.75, 3.05) is 34.2 Å². The van der Waals surface area contributed by atoms with Gasteiger partial charge in [0.1, 0.15) is 12.1 Å². The Hall–Kier alpha value is -2.93. The summed E-state index contributed by atoms with van der Waals surface area (Å²) in [4.78, 5) is 44.1. The molecule has 1 aliphatic carbocycles. The Balaban J connectivity index is 2.21. The van der Waals surface area contributed by atoms with Gasteiger partial charge in [-0.1, -0.05) is 76.3 Å². The van der Waals surface area contributed by atoms with Gasteiger partial charge in [-0.3, -0.25) is 14.4 Å². The Morgan fingerprint density at radius 2 is 1.64 bits per heavy atom. The minimum atomic E-state index is -1.15. The SMILES string of the molecule is C#CC[C@@H](NC(=O)[C@H](CC(=O)N(C)CCN(C)C)Cc1ccccc1)C(=O)N[C@H](CC1CCCCC1)[C@H](O)[C@H](O)CC(C)C.